The van der Waals surface area contributed by atoms with Gasteiger partial charge in [-0.1, -0.05) is 142 Å². The van der Waals surface area contributed by atoms with E-state index >= 15 is 0 Å². The molecule has 5 rings (SSSR count). The van der Waals surface area contributed by atoms with Gasteiger partial charge in [-0.3, -0.25) is 0 Å². The highest BCUT2D eigenvalue weighted by atomic mass is 14.2. The van der Waals surface area contributed by atoms with Crippen LogP contribution < -0.4 is 0 Å². The first kappa shape index (κ1) is 24.8. The lowest BCUT2D eigenvalue weighted by Crippen LogP contribution is -1.92. The number of hydrogen-bond acceptors (Lipinski definition) is 0. The molecule has 0 nitrogen and oxygen atoms in total. The monoisotopic (exact) mass is 480 g/mol. The summed E-state index contributed by atoms with van der Waals surface area (Å²) >= 11 is 0. The van der Waals surface area contributed by atoms with Crippen LogP contribution in [0, 0.1) is 5.92 Å². The molecular weight excluding hydrogens is 444 g/mol. The van der Waals surface area contributed by atoms with Crippen molar-refractivity contribution in [3.05, 3.63) is 126 Å². The molecule has 184 valence electrons. The molecular formula is C37H36. The second kappa shape index (κ2) is 11.0. The highest BCUT2D eigenvalue weighted by Gasteiger charge is 2.12. The van der Waals surface area contributed by atoms with Crippen LogP contribution in [0.4, 0.5) is 0 Å². The molecule has 0 spiro atoms. The van der Waals surface area contributed by atoms with E-state index < -0.39 is 0 Å². The SMILES string of the molecule is CC/C(C)=C\C(=C/[C@H](C)CC)c1cccc(-c2ccc(-c3cccc4ccccc34)c3ccccc23)c1. The Labute approximate surface area is 222 Å². The third-order valence-electron chi connectivity index (χ3n) is 7.58. The van der Waals surface area contributed by atoms with Crippen molar-refractivity contribution in [2.24, 2.45) is 5.92 Å². The van der Waals surface area contributed by atoms with Crippen molar-refractivity contribution in [1.29, 1.82) is 0 Å². The Morgan fingerprint density at radius 3 is 2.05 bits per heavy atom. The van der Waals surface area contributed by atoms with Crippen LogP contribution in [0.1, 0.15) is 46.1 Å². The average Bonchev–Trinajstić information content (AvgIpc) is 2.95. The van der Waals surface area contributed by atoms with Gasteiger partial charge >= 0.3 is 0 Å². The van der Waals surface area contributed by atoms with E-state index in [-0.39, 0.29) is 0 Å². The fraction of sp³-hybridized carbons (Fsp3) is 0.189. The van der Waals surface area contributed by atoms with E-state index in [0.29, 0.717) is 5.92 Å². The molecule has 0 saturated carbocycles. The van der Waals surface area contributed by atoms with Gasteiger partial charge in [0.2, 0.25) is 0 Å². The zero-order valence-corrected chi connectivity index (χ0v) is 22.5. The molecule has 0 aromatic heterocycles. The van der Waals surface area contributed by atoms with Crippen LogP contribution in [-0.4, -0.2) is 0 Å². The van der Waals surface area contributed by atoms with Crippen LogP contribution in [0.3, 0.4) is 0 Å². The second-order valence-corrected chi connectivity index (χ2v) is 10.2. The smallest absolute Gasteiger partial charge is 0.00987 e. The molecule has 0 bridgehead atoms. The molecule has 0 heterocycles. The molecule has 0 fully saturated rings. The molecule has 0 aliphatic rings. The number of allylic oxidation sites excluding steroid dienone is 4. The van der Waals surface area contributed by atoms with Gasteiger partial charge in [0.25, 0.3) is 0 Å². The van der Waals surface area contributed by atoms with Crippen LogP contribution >= 0.6 is 0 Å². The zero-order chi connectivity index (χ0) is 25.8. The van der Waals surface area contributed by atoms with E-state index in [1.165, 1.54) is 60.5 Å². The van der Waals surface area contributed by atoms with Crippen molar-refractivity contribution in [3.8, 4) is 22.3 Å². The highest BCUT2D eigenvalue weighted by Crippen LogP contribution is 2.39. The van der Waals surface area contributed by atoms with Crippen molar-refractivity contribution in [2.45, 2.75) is 40.5 Å². The predicted octanol–water partition coefficient (Wildman–Crippen LogP) is 11.1. The van der Waals surface area contributed by atoms with Gasteiger partial charge in [0.1, 0.15) is 0 Å². The summed E-state index contributed by atoms with van der Waals surface area (Å²) in [5.74, 6) is 0.542. The van der Waals surface area contributed by atoms with Crippen LogP contribution in [0.15, 0.2) is 121 Å². The Kier molecular flexibility index (Phi) is 7.37. The predicted molar refractivity (Wildman–Crippen MR) is 164 cm³/mol. The molecule has 0 amide bonds. The Balaban J connectivity index is 1.67. The molecule has 5 aromatic carbocycles. The van der Waals surface area contributed by atoms with Gasteiger partial charge in [-0.05, 0) is 80.3 Å². The maximum absolute atomic E-state index is 2.43. The molecule has 0 radical (unpaired) electrons. The molecule has 0 saturated heterocycles. The molecule has 5 aromatic rings. The lowest BCUT2D eigenvalue weighted by Gasteiger charge is -2.15. The first-order valence-electron chi connectivity index (χ1n) is 13.6. The van der Waals surface area contributed by atoms with Crippen molar-refractivity contribution in [2.75, 3.05) is 0 Å². The van der Waals surface area contributed by atoms with Crippen LogP contribution in [0.2, 0.25) is 0 Å². The topological polar surface area (TPSA) is 0 Å². The van der Waals surface area contributed by atoms with Gasteiger partial charge in [0, 0.05) is 0 Å². The van der Waals surface area contributed by atoms with Crippen LogP contribution in [0.25, 0.3) is 49.4 Å². The summed E-state index contributed by atoms with van der Waals surface area (Å²) < 4.78 is 0. The molecule has 0 unspecified atom stereocenters. The van der Waals surface area contributed by atoms with Gasteiger partial charge < -0.3 is 0 Å². The summed E-state index contributed by atoms with van der Waals surface area (Å²) in [6.45, 7) is 9.02. The van der Waals surface area contributed by atoms with Crippen molar-refractivity contribution >= 4 is 27.1 Å². The maximum atomic E-state index is 2.43. The average molecular weight is 481 g/mol. The first-order chi connectivity index (χ1) is 18.1. The molecule has 1 atom stereocenters. The molecule has 0 heteroatoms. The molecule has 0 aliphatic heterocycles. The molecule has 0 aliphatic carbocycles. The van der Waals surface area contributed by atoms with Crippen LogP contribution in [0.5, 0.6) is 0 Å². The summed E-state index contributed by atoms with van der Waals surface area (Å²) in [4.78, 5) is 0. The summed E-state index contributed by atoms with van der Waals surface area (Å²) in [5.41, 5.74) is 9.13. The highest BCUT2D eigenvalue weighted by molar-refractivity contribution is 6.09. The minimum atomic E-state index is 0.542. The number of benzene rings is 5. The van der Waals surface area contributed by atoms with Gasteiger partial charge in [0.15, 0.2) is 0 Å². The number of hydrogen-bond donors (Lipinski definition) is 0. The first-order valence-corrected chi connectivity index (χ1v) is 13.6. The third-order valence-corrected chi connectivity index (χ3v) is 7.58. The third kappa shape index (κ3) is 5.16. The van der Waals surface area contributed by atoms with Gasteiger partial charge in [0.05, 0.1) is 0 Å². The number of rotatable bonds is 7. The van der Waals surface area contributed by atoms with Crippen molar-refractivity contribution < 1.29 is 0 Å². The largest absolute Gasteiger partial charge is 0.0738 e. The lowest BCUT2D eigenvalue weighted by atomic mass is 9.89. The maximum Gasteiger partial charge on any atom is -0.00987 e. The quantitative estimate of drug-likeness (QED) is 0.203. The van der Waals surface area contributed by atoms with Crippen molar-refractivity contribution in [1.82, 2.24) is 0 Å². The van der Waals surface area contributed by atoms with Gasteiger partial charge in [-0.2, -0.15) is 0 Å². The summed E-state index contributed by atoms with van der Waals surface area (Å²) in [6, 6.07) is 37.8. The van der Waals surface area contributed by atoms with E-state index in [1.807, 2.05) is 0 Å². The fourth-order valence-corrected chi connectivity index (χ4v) is 5.13. The van der Waals surface area contributed by atoms with E-state index in [4.69, 9.17) is 0 Å². The molecule has 37 heavy (non-hydrogen) atoms. The van der Waals surface area contributed by atoms with Crippen LogP contribution in [-0.2, 0) is 0 Å². The number of fused-ring (bicyclic) bond motifs is 2. The minimum absolute atomic E-state index is 0.542. The van der Waals surface area contributed by atoms with Gasteiger partial charge in [-0.25, -0.2) is 0 Å². The zero-order valence-electron chi connectivity index (χ0n) is 22.5. The van der Waals surface area contributed by atoms with Crippen molar-refractivity contribution in [3.63, 3.8) is 0 Å². The normalized spacial score (nSPS) is 13.3. The van der Waals surface area contributed by atoms with E-state index in [1.54, 1.807) is 0 Å². The summed E-state index contributed by atoms with van der Waals surface area (Å²) in [6.07, 6.45) is 7.01. The van der Waals surface area contributed by atoms with E-state index in [9.17, 15) is 0 Å². The fourth-order valence-electron chi connectivity index (χ4n) is 5.13. The summed E-state index contributed by atoms with van der Waals surface area (Å²) in [5, 5.41) is 5.15. The Hall–Kier alpha value is -3.90. The molecule has 0 N–H and O–H groups in total. The Morgan fingerprint density at radius 2 is 1.30 bits per heavy atom. The Bertz CT molecular complexity index is 1610. The summed E-state index contributed by atoms with van der Waals surface area (Å²) in [7, 11) is 0. The minimum Gasteiger partial charge on any atom is -0.0738 e. The standard InChI is InChI=1S/C37H36/c1-5-26(3)23-31(24-27(4)6-2)29-15-11-16-30(25-29)33-21-22-37(36-19-10-9-18-34(33)36)35-20-12-14-28-13-7-8-17-32(28)35/h7-26H,5-6H2,1-4H3/b27-24-,31-23+/t26-/m1/s1. The van der Waals surface area contributed by atoms with E-state index in [2.05, 4.69) is 143 Å². The van der Waals surface area contributed by atoms with E-state index in [0.717, 1.165) is 12.8 Å². The Morgan fingerprint density at radius 1 is 0.676 bits per heavy atom. The second-order valence-electron chi connectivity index (χ2n) is 10.2. The van der Waals surface area contributed by atoms with Gasteiger partial charge in [-0.15, -0.1) is 0 Å². The lowest BCUT2D eigenvalue weighted by molar-refractivity contribution is 0.700.